The smallest absolute Gasteiger partial charge is 0.339 e. The van der Waals surface area contributed by atoms with Crippen LogP contribution in [0.2, 0.25) is 0 Å². The molecule has 1 fully saturated rings. The molecule has 1 aromatic rings. The van der Waals surface area contributed by atoms with Crippen LogP contribution in [-0.4, -0.2) is 27.7 Å². The van der Waals surface area contributed by atoms with Gasteiger partial charge in [-0.15, -0.1) is 0 Å². The highest BCUT2D eigenvalue weighted by molar-refractivity contribution is 5.88. The molecule has 1 saturated carbocycles. The summed E-state index contributed by atoms with van der Waals surface area (Å²) in [4.78, 5) is 19.8. The van der Waals surface area contributed by atoms with E-state index in [0.29, 0.717) is 18.1 Å². The van der Waals surface area contributed by atoms with Gasteiger partial charge in [-0.25, -0.2) is 14.8 Å². The fraction of sp³-hybridized carbons (Fsp3) is 0.667. The summed E-state index contributed by atoms with van der Waals surface area (Å²) >= 11 is 0. The third kappa shape index (κ3) is 2.98. The van der Waals surface area contributed by atoms with E-state index in [-0.39, 0.29) is 5.56 Å². The predicted octanol–water partition coefficient (Wildman–Crippen LogP) is 3.07. The molecule has 0 atom stereocenters. The standard InChI is InChI=1S/C15H22N2O3/c1-3-20-15(8-6-4-5-7-9-15)14-16-10-12(13(18)19)11(2)17-14/h10H,3-9H2,1-2H3,(H,18,19). The van der Waals surface area contributed by atoms with E-state index in [1.807, 2.05) is 6.92 Å². The predicted molar refractivity (Wildman–Crippen MR) is 74.7 cm³/mol. The lowest BCUT2D eigenvalue weighted by Gasteiger charge is -2.31. The van der Waals surface area contributed by atoms with Crippen molar-refractivity contribution in [3.8, 4) is 0 Å². The third-order valence-electron chi connectivity index (χ3n) is 3.95. The van der Waals surface area contributed by atoms with Crippen LogP contribution in [0.25, 0.3) is 0 Å². The van der Waals surface area contributed by atoms with E-state index in [4.69, 9.17) is 9.84 Å². The number of carbonyl (C=O) groups is 1. The van der Waals surface area contributed by atoms with Crippen molar-refractivity contribution in [3.05, 3.63) is 23.3 Å². The van der Waals surface area contributed by atoms with E-state index >= 15 is 0 Å². The lowest BCUT2D eigenvalue weighted by Crippen LogP contribution is -2.32. The highest BCUT2D eigenvalue weighted by atomic mass is 16.5. The second-order valence-corrected chi connectivity index (χ2v) is 5.34. The number of carboxylic acids is 1. The van der Waals surface area contributed by atoms with Crippen molar-refractivity contribution in [2.45, 2.75) is 58.0 Å². The van der Waals surface area contributed by atoms with Crippen molar-refractivity contribution in [1.29, 1.82) is 0 Å². The lowest BCUT2D eigenvalue weighted by molar-refractivity contribution is -0.0625. The molecule has 0 aliphatic heterocycles. The van der Waals surface area contributed by atoms with Gasteiger partial charge in [0, 0.05) is 12.8 Å². The minimum atomic E-state index is -0.986. The van der Waals surface area contributed by atoms with Gasteiger partial charge in [0.25, 0.3) is 0 Å². The number of ether oxygens (including phenoxy) is 1. The summed E-state index contributed by atoms with van der Waals surface area (Å²) < 4.78 is 6.02. The van der Waals surface area contributed by atoms with Crippen LogP contribution in [0.15, 0.2) is 6.20 Å². The maximum absolute atomic E-state index is 11.1. The average Bonchev–Trinajstić information content (AvgIpc) is 2.65. The second-order valence-electron chi connectivity index (χ2n) is 5.34. The molecule has 1 heterocycles. The van der Waals surface area contributed by atoms with Crippen LogP contribution in [0, 0.1) is 6.92 Å². The number of hydrogen-bond acceptors (Lipinski definition) is 4. The Morgan fingerprint density at radius 3 is 2.50 bits per heavy atom. The fourth-order valence-electron chi connectivity index (χ4n) is 2.91. The number of nitrogens with zero attached hydrogens (tertiary/aromatic N) is 2. The van der Waals surface area contributed by atoms with E-state index in [0.717, 1.165) is 25.7 Å². The molecule has 0 bridgehead atoms. The molecule has 1 aromatic heterocycles. The Balaban J connectivity index is 2.38. The molecule has 1 N–H and O–H groups in total. The monoisotopic (exact) mass is 278 g/mol. The molecule has 2 rings (SSSR count). The first-order valence-corrected chi connectivity index (χ1v) is 7.30. The zero-order chi connectivity index (χ0) is 14.6. The van der Waals surface area contributed by atoms with Crippen molar-refractivity contribution in [1.82, 2.24) is 9.97 Å². The quantitative estimate of drug-likeness (QED) is 0.857. The molecule has 5 heteroatoms. The summed E-state index contributed by atoms with van der Waals surface area (Å²) in [5, 5.41) is 9.07. The van der Waals surface area contributed by atoms with Gasteiger partial charge in [-0.2, -0.15) is 0 Å². The SMILES string of the molecule is CCOC1(c2ncc(C(=O)O)c(C)n2)CCCCCC1. The van der Waals surface area contributed by atoms with Crippen molar-refractivity contribution in [2.75, 3.05) is 6.61 Å². The molecule has 0 aromatic carbocycles. The number of carboxylic acid groups (broad SMARTS) is 1. The van der Waals surface area contributed by atoms with Gasteiger partial charge in [0.2, 0.25) is 0 Å². The van der Waals surface area contributed by atoms with Gasteiger partial charge in [0.05, 0.1) is 11.3 Å². The molecule has 5 nitrogen and oxygen atoms in total. The Morgan fingerprint density at radius 2 is 2.00 bits per heavy atom. The Bertz CT molecular complexity index is 480. The maximum atomic E-state index is 11.1. The zero-order valence-corrected chi connectivity index (χ0v) is 12.2. The van der Waals surface area contributed by atoms with E-state index in [9.17, 15) is 4.79 Å². The maximum Gasteiger partial charge on any atom is 0.339 e. The van der Waals surface area contributed by atoms with Crippen LogP contribution in [0.1, 0.15) is 67.3 Å². The van der Waals surface area contributed by atoms with E-state index in [1.165, 1.54) is 19.0 Å². The van der Waals surface area contributed by atoms with Crippen LogP contribution in [0.5, 0.6) is 0 Å². The fourth-order valence-corrected chi connectivity index (χ4v) is 2.91. The molecule has 0 unspecified atom stereocenters. The van der Waals surface area contributed by atoms with Gasteiger partial charge in [-0.3, -0.25) is 0 Å². The third-order valence-corrected chi connectivity index (χ3v) is 3.95. The zero-order valence-electron chi connectivity index (χ0n) is 12.2. The lowest BCUT2D eigenvalue weighted by atomic mass is 9.92. The van der Waals surface area contributed by atoms with Gasteiger partial charge in [-0.05, 0) is 26.7 Å². The largest absolute Gasteiger partial charge is 0.478 e. The van der Waals surface area contributed by atoms with E-state index < -0.39 is 11.6 Å². The van der Waals surface area contributed by atoms with Gasteiger partial charge in [0.1, 0.15) is 5.60 Å². The Morgan fingerprint density at radius 1 is 1.35 bits per heavy atom. The molecular weight excluding hydrogens is 256 g/mol. The van der Waals surface area contributed by atoms with Gasteiger partial charge < -0.3 is 9.84 Å². The molecule has 1 aliphatic rings. The molecule has 1 aliphatic carbocycles. The minimum Gasteiger partial charge on any atom is -0.478 e. The number of aromatic nitrogens is 2. The van der Waals surface area contributed by atoms with Crippen molar-refractivity contribution >= 4 is 5.97 Å². The first kappa shape index (κ1) is 14.9. The molecule has 0 saturated heterocycles. The molecular formula is C15H22N2O3. The molecule has 110 valence electrons. The highest BCUT2D eigenvalue weighted by Gasteiger charge is 2.36. The molecule has 20 heavy (non-hydrogen) atoms. The van der Waals surface area contributed by atoms with Crippen LogP contribution in [-0.2, 0) is 10.3 Å². The van der Waals surface area contributed by atoms with Gasteiger partial charge >= 0.3 is 5.97 Å². The van der Waals surface area contributed by atoms with Crippen molar-refractivity contribution in [3.63, 3.8) is 0 Å². The number of rotatable bonds is 4. The first-order valence-electron chi connectivity index (χ1n) is 7.30. The number of hydrogen-bond donors (Lipinski definition) is 1. The summed E-state index contributed by atoms with van der Waals surface area (Å²) in [6, 6.07) is 0. The van der Waals surface area contributed by atoms with Crippen LogP contribution in [0.4, 0.5) is 0 Å². The Labute approximate surface area is 119 Å². The van der Waals surface area contributed by atoms with Gasteiger partial charge in [0.15, 0.2) is 5.82 Å². The summed E-state index contributed by atoms with van der Waals surface area (Å²) in [5.74, 6) is -0.343. The van der Waals surface area contributed by atoms with E-state index in [2.05, 4.69) is 9.97 Å². The van der Waals surface area contributed by atoms with Crippen molar-refractivity contribution in [2.24, 2.45) is 0 Å². The molecule has 0 radical (unpaired) electrons. The van der Waals surface area contributed by atoms with Crippen LogP contribution >= 0.6 is 0 Å². The summed E-state index contributed by atoms with van der Waals surface area (Å²) in [6.45, 7) is 4.30. The summed E-state index contributed by atoms with van der Waals surface area (Å²) in [5.41, 5.74) is 0.229. The van der Waals surface area contributed by atoms with Gasteiger partial charge in [-0.1, -0.05) is 25.7 Å². The van der Waals surface area contributed by atoms with Crippen LogP contribution < -0.4 is 0 Å². The highest BCUT2D eigenvalue weighted by Crippen LogP contribution is 2.37. The minimum absolute atomic E-state index is 0.161. The summed E-state index contributed by atoms with van der Waals surface area (Å²) in [6.07, 6.45) is 7.85. The molecule has 0 spiro atoms. The number of aromatic carboxylic acids is 1. The van der Waals surface area contributed by atoms with E-state index in [1.54, 1.807) is 6.92 Å². The second kappa shape index (κ2) is 6.31. The summed E-state index contributed by atoms with van der Waals surface area (Å²) in [7, 11) is 0. The average molecular weight is 278 g/mol. The first-order chi connectivity index (χ1) is 9.59. The molecule has 0 amide bonds. The normalized spacial score (nSPS) is 18.5. The van der Waals surface area contributed by atoms with Crippen LogP contribution in [0.3, 0.4) is 0 Å². The topological polar surface area (TPSA) is 72.3 Å². The Hall–Kier alpha value is -1.49. The van der Waals surface area contributed by atoms with Crippen molar-refractivity contribution < 1.29 is 14.6 Å². The number of aryl methyl sites for hydroxylation is 1. The Kier molecular flexibility index (Phi) is 4.70.